The van der Waals surface area contributed by atoms with E-state index in [4.69, 9.17) is 11.6 Å². The number of nitrogens with one attached hydrogen (secondary N) is 1. The van der Waals surface area contributed by atoms with Crippen molar-refractivity contribution < 1.29 is 13.2 Å². The molecule has 0 amide bonds. The van der Waals surface area contributed by atoms with E-state index in [2.05, 4.69) is 15.0 Å². The van der Waals surface area contributed by atoms with Gasteiger partial charge in [0.05, 0.1) is 0 Å². The Morgan fingerprint density at radius 2 is 2.06 bits per heavy atom. The van der Waals surface area contributed by atoms with Crippen LogP contribution in [0.15, 0.2) is 18.3 Å². The molecule has 0 spiro atoms. The van der Waals surface area contributed by atoms with Gasteiger partial charge in [-0.05, 0) is 18.1 Å². The van der Waals surface area contributed by atoms with Crippen LogP contribution in [0.1, 0.15) is 18.2 Å². The van der Waals surface area contributed by atoms with Gasteiger partial charge in [-0.2, -0.15) is 13.2 Å². The Labute approximate surface area is 106 Å². The van der Waals surface area contributed by atoms with Crippen LogP contribution >= 0.6 is 11.6 Å². The fourth-order valence-electron chi connectivity index (χ4n) is 1.43. The summed E-state index contributed by atoms with van der Waals surface area (Å²) in [6, 6.07) is 3.39. The Morgan fingerprint density at radius 1 is 1.33 bits per heavy atom. The van der Waals surface area contributed by atoms with E-state index in [1.807, 2.05) is 6.92 Å². The maximum absolute atomic E-state index is 12.5. The van der Waals surface area contributed by atoms with Gasteiger partial charge < -0.3 is 4.98 Å². The molecule has 96 valence electrons. The van der Waals surface area contributed by atoms with Crippen LogP contribution < -0.4 is 0 Å². The van der Waals surface area contributed by atoms with Crippen LogP contribution in [0.5, 0.6) is 0 Å². The lowest BCUT2D eigenvalue weighted by molar-refractivity contribution is -0.140. The van der Waals surface area contributed by atoms with Gasteiger partial charge in [0.25, 0.3) is 0 Å². The first-order valence-corrected chi connectivity index (χ1v) is 5.57. The fraction of sp³-hybridized carbons (Fsp3) is 0.273. The number of hydrogen-bond donors (Lipinski definition) is 1. The van der Waals surface area contributed by atoms with Crippen molar-refractivity contribution in [2.24, 2.45) is 0 Å². The number of pyridine rings is 1. The van der Waals surface area contributed by atoms with Gasteiger partial charge in [-0.1, -0.05) is 24.6 Å². The highest BCUT2D eigenvalue weighted by molar-refractivity contribution is 6.30. The molecule has 1 N–H and O–H groups in total. The predicted molar refractivity (Wildman–Crippen MR) is 61.2 cm³/mol. The first-order valence-electron chi connectivity index (χ1n) is 5.19. The molecule has 0 unspecified atom stereocenters. The topological polar surface area (TPSA) is 41.6 Å². The molecule has 0 aliphatic carbocycles. The molecule has 0 saturated heterocycles. The molecular formula is C11H9ClF3N3. The zero-order valence-corrected chi connectivity index (χ0v) is 10.1. The maximum Gasteiger partial charge on any atom is 0.434 e. The summed E-state index contributed by atoms with van der Waals surface area (Å²) >= 11 is 5.45. The molecule has 2 aromatic rings. The number of rotatable bonds is 2. The number of aryl methyl sites for hydroxylation is 1. The first kappa shape index (κ1) is 12.9. The largest absolute Gasteiger partial charge is 0.434 e. The summed E-state index contributed by atoms with van der Waals surface area (Å²) in [5, 5.41) is -0.598. The van der Waals surface area contributed by atoms with Crippen LogP contribution in [0.4, 0.5) is 13.2 Å². The van der Waals surface area contributed by atoms with Crippen molar-refractivity contribution in [3.8, 4) is 11.5 Å². The third-order valence-corrected chi connectivity index (χ3v) is 2.69. The van der Waals surface area contributed by atoms with Crippen molar-refractivity contribution in [1.82, 2.24) is 15.0 Å². The molecule has 7 heteroatoms. The monoisotopic (exact) mass is 275 g/mol. The van der Waals surface area contributed by atoms with Gasteiger partial charge in [0, 0.05) is 6.20 Å². The summed E-state index contributed by atoms with van der Waals surface area (Å²) in [4.78, 5) is 9.81. The Morgan fingerprint density at radius 3 is 2.50 bits per heavy atom. The van der Waals surface area contributed by atoms with Crippen molar-refractivity contribution in [2.45, 2.75) is 19.5 Å². The average molecular weight is 276 g/mol. The van der Waals surface area contributed by atoms with Crippen molar-refractivity contribution >= 4 is 11.6 Å². The van der Waals surface area contributed by atoms with Crippen LogP contribution in [0.2, 0.25) is 5.15 Å². The third kappa shape index (κ3) is 2.48. The highest BCUT2D eigenvalue weighted by Crippen LogP contribution is 2.34. The predicted octanol–water partition coefficient (Wildman–Crippen LogP) is 3.71. The van der Waals surface area contributed by atoms with Gasteiger partial charge in [-0.25, -0.2) is 4.98 Å². The first-order chi connectivity index (χ1) is 8.41. The zero-order valence-electron chi connectivity index (χ0n) is 9.35. The molecule has 2 aromatic heterocycles. The minimum absolute atomic E-state index is 0.00924. The number of imidazole rings is 1. The lowest BCUT2D eigenvalue weighted by Crippen LogP contribution is -2.06. The Hall–Kier alpha value is -1.56. The summed E-state index contributed by atoms with van der Waals surface area (Å²) in [6.45, 7) is 1.96. The molecule has 2 heterocycles. The third-order valence-electron chi connectivity index (χ3n) is 2.42. The lowest BCUT2D eigenvalue weighted by Gasteiger charge is -2.02. The van der Waals surface area contributed by atoms with Crippen LogP contribution in [-0.2, 0) is 12.6 Å². The molecule has 0 atom stereocenters. The zero-order chi connectivity index (χ0) is 13.3. The summed E-state index contributed by atoms with van der Waals surface area (Å²) < 4.78 is 37.6. The van der Waals surface area contributed by atoms with E-state index in [9.17, 15) is 13.2 Å². The van der Waals surface area contributed by atoms with E-state index in [0.29, 0.717) is 5.69 Å². The second-order valence-corrected chi connectivity index (χ2v) is 4.01. The van der Waals surface area contributed by atoms with Crippen LogP contribution in [0, 0.1) is 0 Å². The summed E-state index contributed by atoms with van der Waals surface area (Å²) in [7, 11) is 0. The van der Waals surface area contributed by atoms with Crippen LogP contribution in [0.3, 0.4) is 0 Å². The van der Waals surface area contributed by atoms with Gasteiger partial charge >= 0.3 is 6.18 Å². The Bertz CT molecular complexity index is 546. The van der Waals surface area contributed by atoms with Crippen LogP contribution in [-0.4, -0.2) is 15.0 Å². The number of halogens is 4. The van der Waals surface area contributed by atoms with E-state index in [0.717, 1.165) is 12.0 Å². The SMILES string of the molecule is CCc1ccc(-c2nc(Cl)c(C(F)(F)F)[nH]2)nc1. The molecule has 18 heavy (non-hydrogen) atoms. The van der Waals surface area contributed by atoms with Gasteiger partial charge in [0.1, 0.15) is 5.69 Å². The quantitative estimate of drug-likeness (QED) is 0.908. The van der Waals surface area contributed by atoms with Crippen molar-refractivity contribution in [1.29, 1.82) is 0 Å². The summed E-state index contributed by atoms with van der Waals surface area (Å²) in [6.07, 6.45) is -2.15. The molecule has 2 rings (SSSR count). The normalized spacial score (nSPS) is 11.8. The molecule has 3 nitrogen and oxygen atoms in total. The minimum Gasteiger partial charge on any atom is -0.332 e. The Balaban J connectivity index is 2.39. The minimum atomic E-state index is -4.55. The van der Waals surface area contributed by atoms with E-state index >= 15 is 0 Å². The van der Waals surface area contributed by atoms with Crippen molar-refractivity contribution in [3.05, 3.63) is 34.7 Å². The number of alkyl halides is 3. The molecule has 0 fully saturated rings. The second kappa shape index (κ2) is 4.61. The van der Waals surface area contributed by atoms with Crippen molar-refractivity contribution in [2.75, 3.05) is 0 Å². The number of aromatic amines is 1. The smallest absolute Gasteiger partial charge is 0.332 e. The van der Waals surface area contributed by atoms with Crippen molar-refractivity contribution in [3.63, 3.8) is 0 Å². The maximum atomic E-state index is 12.5. The molecular weight excluding hydrogens is 267 g/mol. The molecule has 0 aromatic carbocycles. The van der Waals surface area contributed by atoms with Gasteiger partial charge in [0.15, 0.2) is 16.7 Å². The standard InChI is InChI=1S/C11H9ClF3N3/c1-2-6-3-4-7(16-5-6)10-17-8(9(12)18-10)11(13,14)15/h3-5H,2H2,1H3,(H,17,18). The lowest BCUT2D eigenvalue weighted by atomic mass is 10.2. The number of hydrogen-bond acceptors (Lipinski definition) is 2. The molecule has 0 radical (unpaired) electrons. The highest BCUT2D eigenvalue weighted by Gasteiger charge is 2.36. The van der Waals surface area contributed by atoms with E-state index in [1.54, 1.807) is 18.3 Å². The highest BCUT2D eigenvalue weighted by atomic mass is 35.5. The number of H-pyrrole nitrogens is 1. The second-order valence-electron chi connectivity index (χ2n) is 3.65. The molecule has 0 saturated carbocycles. The van der Waals surface area contributed by atoms with Gasteiger partial charge in [0.2, 0.25) is 0 Å². The number of aromatic nitrogens is 3. The van der Waals surface area contributed by atoms with Gasteiger partial charge in [-0.15, -0.1) is 0 Å². The summed E-state index contributed by atoms with van der Waals surface area (Å²) in [5.41, 5.74) is 0.262. The average Bonchev–Trinajstić information content (AvgIpc) is 2.71. The van der Waals surface area contributed by atoms with E-state index in [-0.39, 0.29) is 5.82 Å². The molecule has 0 bridgehead atoms. The molecule has 0 aliphatic rings. The van der Waals surface area contributed by atoms with E-state index < -0.39 is 17.0 Å². The molecule has 0 aliphatic heterocycles. The number of nitrogens with zero attached hydrogens (tertiary/aromatic N) is 2. The van der Waals surface area contributed by atoms with E-state index in [1.165, 1.54) is 0 Å². The summed E-state index contributed by atoms with van der Waals surface area (Å²) in [5.74, 6) is 0.00924. The van der Waals surface area contributed by atoms with Gasteiger partial charge in [-0.3, -0.25) is 4.98 Å². The Kier molecular flexibility index (Phi) is 3.30. The van der Waals surface area contributed by atoms with Crippen LogP contribution in [0.25, 0.3) is 11.5 Å². The fourth-order valence-corrected chi connectivity index (χ4v) is 1.67.